The molecule has 0 amide bonds. The molecule has 0 heterocycles. The lowest BCUT2D eigenvalue weighted by Gasteiger charge is -2.39. The Morgan fingerprint density at radius 1 is 1.28 bits per heavy atom. The average Bonchev–Trinajstić information content (AvgIpc) is 2.59. The summed E-state index contributed by atoms with van der Waals surface area (Å²) in [5.41, 5.74) is 0.277. The summed E-state index contributed by atoms with van der Waals surface area (Å²) in [4.78, 5) is 12.9. The van der Waals surface area contributed by atoms with Gasteiger partial charge in [0, 0.05) is 5.56 Å². The first kappa shape index (κ1) is 19.7. The largest absolute Gasteiger partial charge is 0.385 e. The van der Waals surface area contributed by atoms with Gasteiger partial charge in [0.1, 0.15) is 0 Å². The molecule has 0 aromatic heterocycles. The van der Waals surface area contributed by atoms with Crippen LogP contribution in [0.5, 0.6) is 0 Å². The van der Waals surface area contributed by atoms with Crippen LogP contribution in [0.15, 0.2) is 54.1 Å². The predicted octanol–water partition coefficient (Wildman–Crippen LogP) is 5.59. The fraction of sp³-hybridized carbons (Fsp3) is 0.522. The predicted molar refractivity (Wildman–Crippen MR) is 105 cm³/mol. The van der Waals surface area contributed by atoms with Crippen LogP contribution < -0.4 is 0 Å². The minimum atomic E-state index is -0.863. The molecule has 0 spiro atoms. The first-order valence-corrected chi connectivity index (χ1v) is 9.44. The monoisotopic (exact) mass is 340 g/mol. The molecule has 136 valence electrons. The number of Topliss-reactive ketones (excluding diaryl/α,β-unsaturated/α-hetero) is 1. The number of hydrogen-bond acceptors (Lipinski definition) is 2. The highest BCUT2D eigenvalue weighted by molar-refractivity contribution is 6.01. The van der Waals surface area contributed by atoms with Gasteiger partial charge in [-0.05, 0) is 44.1 Å². The Morgan fingerprint density at radius 2 is 1.92 bits per heavy atom. The summed E-state index contributed by atoms with van der Waals surface area (Å²) in [6, 6.07) is 9.45. The van der Waals surface area contributed by atoms with E-state index in [1.807, 2.05) is 56.3 Å². The molecule has 1 aliphatic rings. The van der Waals surface area contributed by atoms with Gasteiger partial charge in [0.15, 0.2) is 5.78 Å². The lowest BCUT2D eigenvalue weighted by atomic mass is 9.69. The van der Waals surface area contributed by atoms with E-state index in [1.165, 1.54) is 0 Å². The van der Waals surface area contributed by atoms with Gasteiger partial charge in [0.2, 0.25) is 0 Å². The molecule has 0 aliphatic heterocycles. The van der Waals surface area contributed by atoms with Crippen LogP contribution in [-0.4, -0.2) is 16.5 Å². The molecule has 1 aromatic rings. The van der Waals surface area contributed by atoms with Crippen LogP contribution in [0.1, 0.15) is 64.2 Å². The summed E-state index contributed by atoms with van der Waals surface area (Å²) in [5, 5.41) is 11.2. The maximum absolute atomic E-state index is 12.9. The average molecular weight is 341 g/mol. The van der Waals surface area contributed by atoms with E-state index in [1.54, 1.807) is 0 Å². The molecule has 0 saturated carbocycles. The number of allylic oxidation sites excluding steroid dienone is 2. The molecule has 2 rings (SSSR count). The van der Waals surface area contributed by atoms with Crippen molar-refractivity contribution < 1.29 is 9.90 Å². The van der Waals surface area contributed by atoms with Crippen molar-refractivity contribution in [2.45, 2.75) is 59.5 Å². The molecule has 3 atom stereocenters. The van der Waals surface area contributed by atoms with E-state index in [-0.39, 0.29) is 11.7 Å². The van der Waals surface area contributed by atoms with Gasteiger partial charge >= 0.3 is 0 Å². The van der Waals surface area contributed by atoms with E-state index >= 15 is 0 Å². The minimum absolute atomic E-state index is 0.133. The van der Waals surface area contributed by atoms with Crippen LogP contribution in [0.3, 0.4) is 0 Å². The normalized spacial score (nSPS) is 23.9. The van der Waals surface area contributed by atoms with Gasteiger partial charge in [-0.3, -0.25) is 4.79 Å². The molecule has 2 nitrogen and oxygen atoms in total. The second-order valence-corrected chi connectivity index (χ2v) is 8.10. The van der Waals surface area contributed by atoms with Gasteiger partial charge in [0.05, 0.1) is 11.0 Å². The fourth-order valence-corrected chi connectivity index (χ4v) is 3.98. The van der Waals surface area contributed by atoms with E-state index in [9.17, 15) is 9.90 Å². The Labute approximate surface area is 152 Å². The summed E-state index contributed by atoms with van der Waals surface area (Å²) in [6.07, 6.45) is 8.69. The molecular weight excluding hydrogens is 308 g/mol. The number of rotatable bonds is 7. The van der Waals surface area contributed by atoms with E-state index in [0.717, 1.165) is 24.0 Å². The highest BCUT2D eigenvalue weighted by Crippen LogP contribution is 2.40. The zero-order valence-electron chi connectivity index (χ0n) is 16.3. The molecule has 3 unspecified atom stereocenters. The highest BCUT2D eigenvalue weighted by Gasteiger charge is 2.39. The van der Waals surface area contributed by atoms with E-state index in [4.69, 9.17) is 0 Å². The third-order valence-electron chi connectivity index (χ3n) is 5.64. The van der Waals surface area contributed by atoms with Crippen LogP contribution in [0, 0.1) is 17.3 Å². The van der Waals surface area contributed by atoms with Gasteiger partial charge in [-0.15, -0.1) is 0 Å². The number of aliphatic hydroxyl groups is 1. The summed E-state index contributed by atoms with van der Waals surface area (Å²) in [5.74, 6) is 0.749. The summed E-state index contributed by atoms with van der Waals surface area (Å²) < 4.78 is 0. The van der Waals surface area contributed by atoms with Crippen molar-refractivity contribution in [3.63, 3.8) is 0 Å². The fourth-order valence-electron chi connectivity index (χ4n) is 3.98. The molecule has 0 radical (unpaired) electrons. The molecule has 0 fully saturated rings. The molecule has 25 heavy (non-hydrogen) atoms. The molecule has 1 aliphatic carbocycles. The summed E-state index contributed by atoms with van der Waals surface area (Å²) in [6.45, 7) is 10.4. The third kappa shape index (κ3) is 4.12. The van der Waals surface area contributed by atoms with Gasteiger partial charge in [-0.1, -0.05) is 75.8 Å². The van der Waals surface area contributed by atoms with Crippen molar-refractivity contribution in [1.29, 1.82) is 0 Å². The van der Waals surface area contributed by atoms with Gasteiger partial charge in [0.25, 0.3) is 0 Å². The zero-order valence-corrected chi connectivity index (χ0v) is 16.3. The van der Waals surface area contributed by atoms with Crippen molar-refractivity contribution in [2.24, 2.45) is 17.3 Å². The Kier molecular flexibility index (Phi) is 6.05. The van der Waals surface area contributed by atoms with Crippen molar-refractivity contribution in [1.82, 2.24) is 0 Å². The van der Waals surface area contributed by atoms with E-state index < -0.39 is 11.0 Å². The van der Waals surface area contributed by atoms with Crippen molar-refractivity contribution in [3.8, 4) is 0 Å². The molecule has 1 N–H and O–H groups in total. The SMILES string of the molecule is CCCC(C(C)C)C(C)(O)C1=CCC(C)(C(=O)c2ccccc2)C=C1. The maximum Gasteiger partial charge on any atom is 0.172 e. The van der Waals surface area contributed by atoms with Gasteiger partial charge < -0.3 is 5.11 Å². The first-order valence-electron chi connectivity index (χ1n) is 9.44. The van der Waals surface area contributed by atoms with E-state index in [0.29, 0.717) is 12.3 Å². The number of hydrogen-bond donors (Lipinski definition) is 1. The molecule has 2 heteroatoms. The number of carbonyl (C=O) groups is 1. The van der Waals surface area contributed by atoms with Crippen molar-refractivity contribution in [3.05, 3.63) is 59.7 Å². The first-order chi connectivity index (χ1) is 11.7. The van der Waals surface area contributed by atoms with Gasteiger partial charge in [-0.25, -0.2) is 0 Å². The zero-order chi connectivity index (χ0) is 18.7. The van der Waals surface area contributed by atoms with Gasteiger partial charge in [-0.2, -0.15) is 0 Å². The quantitative estimate of drug-likeness (QED) is 0.657. The van der Waals surface area contributed by atoms with Crippen molar-refractivity contribution in [2.75, 3.05) is 0 Å². The Bertz CT molecular complexity index is 652. The van der Waals surface area contributed by atoms with E-state index in [2.05, 4.69) is 26.8 Å². The Hall–Kier alpha value is -1.67. The summed E-state index contributed by atoms with van der Waals surface area (Å²) >= 11 is 0. The lowest BCUT2D eigenvalue weighted by Crippen LogP contribution is -2.40. The minimum Gasteiger partial charge on any atom is -0.385 e. The van der Waals surface area contributed by atoms with Crippen LogP contribution >= 0.6 is 0 Å². The van der Waals surface area contributed by atoms with Crippen molar-refractivity contribution >= 4 is 5.78 Å². The molecule has 0 bridgehead atoms. The highest BCUT2D eigenvalue weighted by atomic mass is 16.3. The molecular formula is C23H32O2. The Morgan fingerprint density at radius 3 is 2.40 bits per heavy atom. The molecule has 0 saturated heterocycles. The standard InChI is InChI=1S/C23H32O2/c1-6-10-20(17(2)3)23(5,25)19-13-15-22(4,16-14-19)21(24)18-11-8-7-9-12-18/h7-9,11-15,17,20,25H,6,10,16H2,1-5H3. The number of carbonyl (C=O) groups excluding carboxylic acids is 1. The molecule has 1 aromatic carbocycles. The Balaban J connectivity index is 2.22. The lowest BCUT2D eigenvalue weighted by molar-refractivity contribution is 0.0103. The van der Waals surface area contributed by atoms with Crippen LogP contribution in [0.2, 0.25) is 0 Å². The second kappa shape index (κ2) is 7.70. The van der Waals surface area contributed by atoms with Crippen LogP contribution in [0.4, 0.5) is 0 Å². The number of benzene rings is 1. The number of ketones is 1. The second-order valence-electron chi connectivity index (χ2n) is 8.10. The topological polar surface area (TPSA) is 37.3 Å². The third-order valence-corrected chi connectivity index (χ3v) is 5.64. The smallest absolute Gasteiger partial charge is 0.172 e. The maximum atomic E-state index is 12.9. The summed E-state index contributed by atoms with van der Waals surface area (Å²) in [7, 11) is 0. The van der Waals surface area contributed by atoms with Crippen LogP contribution in [-0.2, 0) is 0 Å². The van der Waals surface area contributed by atoms with Crippen LogP contribution in [0.25, 0.3) is 0 Å².